The van der Waals surface area contributed by atoms with Crippen molar-refractivity contribution in [1.29, 1.82) is 0 Å². The van der Waals surface area contributed by atoms with E-state index in [0.717, 1.165) is 11.4 Å². The predicted octanol–water partition coefficient (Wildman–Crippen LogP) is 4.37. The van der Waals surface area contributed by atoms with Gasteiger partial charge in [-0.3, -0.25) is 4.90 Å². The minimum Gasteiger partial charge on any atom is -0.364 e. The lowest BCUT2D eigenvalue weighted by Gasteiger charge is -2.27. The highest BCUT2D eigenvalue weighted by atomic mass is 28.3. The summed E-state index contributed by atoms with van der Waals surface area (Å²) in [7, 11) is -1.69. The van der Waals surface area contributed by atoms with Crippen LogP contribution < -0.4 is 9.88 Å². The van der Waals surface area contributed by atoms with E-state index in [-0.39, 0.29) is 6.03 Å². The maximum Gasteiger partial charge on any atom is 0.318 e. The van der Waals surface area contributed by atoms with Crippen LogP contribution in [-0.2, 0) is 0 Å². The van der Waals surface area contributed by atoms with Gasteiger partial charge in [-0.2, -0.15) is 0 Å². The van der Waals surface area contributed by atoms with Crippen LogP contribution in [0.1, 0.15) is 0 Å². The third-order valence-electron chi connectivity index (χ3n) is 2.71. The van der Waals surface area contributed by atoms with Crippen molar-refractivity contribution in [3.05, 3.63) is 60.7 Å². The van der Waals surface area contributed by atoms with Crippen LogP contribution >= 0.6 is 0 Å². The SMILES string of the molecule is C[Si](C)(C)NC(=O)N(c1ccccc1)c1ccccc1. The third kappa shape index (κ3) is 3.71. The molecule has 0 heterocycles. The number of anilines is 2. The molecule has 4 heteroatoms. The van der Waals surface area contributed by atoms with Gasteiger partial charge in [0.1, 0.15) is 8.24 Å². The van der Waals surface area contributed by atoms with Crippen molar-refractivity contribution in [2.24, 2.45) is 0 Å². The van der Waals surface area contributed by atoms with Gasteiger partial charge in [-0.05, 0) is 24.3 Å². The standard InChI is InChI=1S/C16H20N2OSi/c1-20(2,3)17-16(19)18(14-10-6-4-7-11-14)15-12-8-5-9-13-15/h4-13H,1-3H3,(H,17,19). The second-order valence-electron chi connectivity index (χ2n) is 5.69. The van der Waals surface area contributed by atoms with Gasteiger partial charge in [0, 0.05) is 0 Å². The lowest BCUT2D eigenvalue weighted by Crippen LogP contribution is -2.50. The van der Waals surface area contributed by atoms with Gasteiger partial charge >= 0.3 is 6.03 Å². The van der Waals surface area contributed by atoms with E-state index in [4.69, 9.17) is 0 Å². The maximum atomic E-state index is 12.6. The highest BCUT2D eigenvalue weighted by Crippen LogP contribution is 2.25. The molecule has 0 aliphatic rings. The highest BCUT2D eigenvalue weighted by Gasteiger charge is 2.23. The molecular weight excluding hydrogens is 264 g/mol. The zero-order valence-electron chi connectivity index (χ0n) is 12.1. The summed E-state index contributed by atoms with van der Waals surface area (Å²) in [4.78, 5) is 17.5. The molecule has 0 fully saturated rings. The number of hydrogen-bond acceptors (Lipinski definition) is 1. The number of nitrogens with zero attached hydrogens (tertiary/aromatic N) is 1. The van der Waals surface area contributed by atoms with Gasteiger partial charge in [0.05, 0.1) is 11.4 Å². The molecule has 0 bridgehead atoms. The average Bonchev–Trinajstić information content (AvgIpc) is 2.39. The average molecular weight is 284 g/mol. The van der Waals surface area contributed by atoms with Crippen molar-refractivity contribution in [2.75, 3.05) is 4.90 Å². The Morgan fingerprint density at radius 3 is 1.60 bits per heavy atom. The molecule has 0 unspecified atom stereocenters. The molecule has 3 nitrogen and oxygen atoms in total. The van der Waals surface area contributed by atoms with Gasteiger partial charge in [-0.1, -0.05) is 56.0 Å². The Kier molecular flexibility index (Phi) is 4.25. The molecule has 0 saturated heterocycles. The Labute approximate surface area is 121 Å². The van der Waals surface area contributed by atoms with E-state index < -0.39 is 8.24 Å². The number of hydrogen-bond donors (Lipinski definition) is 1. The molecule has 2 rings (SSSR count). The van der Waals surface area contributed by atoms with Crippen LogP contribution in [0.3, 0.4) is 0 Å². The van der Waals surface area contributed by atoms with Gasteiger partial charge in [-0.25, -0.2) is 4.79 Å². The number of nitrogens with one attached hydrogen (secondary N) is 1. The third-order valence-corrected chi connectivity index (χ3v) is 3.68. The van der Waals surface area contributed by atoms with Crippen molar-refractivity contribution in [3.8, 4) is 0 Å². The van der Waals surface area contributed by atoms with Crippen LogP contribution in [0, 0.1) is 0 Å². The summed E-state index contributed by atoms with van der Waals surface area (Å²) < 4.78 is 0. The fourth-order valence-electron chi connectivity index (χ4n) is 1.91. The molecule has 1 N–H and O–H groups in total. The van der Waals surface area contributed by atoms with E-state index in [1.54, 1.807) is 4.90 Å². The van der Waals surface area contributed by atoms with E-state index in [9.17, 15) is 4.79 Å². The molecule has 2 amide bonds. The minimum atomic E-state index is -1.69. The zero-order valence-corrected chi connectivity index (χ0v) is 13.1. The first-order valence-corrected chi connectivity index (χ1v) is 10.2. The van der Waals surface area contributed by atoms with E-state index in [1.807, 2.05) is 60.7 Å². The molecule has 20 heavy (non-hydrogen) atoms. The molecule has 2 aromatic carbocycles. The molecule has 0 atom stereocenters. The van der Waals surface area contributed by atoms with Crippen LogP contribution in [0.2, 0.25) is 19.6 Å². The first kappa shape index (κ1) is 14.3. The summed E-state index contributed by atoms with van der Waals surface area (Å²) in [5, 5.41) is 0. The number of carbonyl (C=O) groups excluding carboxylic acids is 1. The fourth-order valence-corrected chi connectivity index (χ4v) is 2.67. The van der Waals surface area contributed by atoms with Crippen LogP contribution in [0.5, 0.6) is 0 Å². The van der Waals surface area contributed by atoms with E-state index in [2.05, 4.69) is 24.6 Å². The van der Waals surface area contributed by atoms with Crippen LogP contribution in [0.4, 0.5) is 16.2 Å². The molecule has 2 aromatic rings. The Hall–Kier alpha value is -2.07. The Morgan fingerprint density at radius 1 is 0.850 bits per heavy atom. The molecule has 0 aliphatic heterocycles. The van der Waals surface area contributed by atoms with Crippen LogP contribution in [0.25, 0.3) is 0 Å². The van der Waals surface area contributed by atoms with Crippen molar-refractivity contribution >= 4 is 25.6 Å². The lowest BCUT2D eigenvalue weighted by molar-refractivity contribution is 0.253. The number of para-hydroxylation sites is 2. The van der Waals surface area contributed by atoms with Crippen molar-refractivity contribution in [3.63, 3.8) is 0 Å². The highest BCUT2D eigenvalue weighted by molar-refractivity contribution is 6.76. The maximum absolute atomic E-state index is 12.6. The van der Waals surface area contributed by atoms with Gasteiger partial charge in [0.2, 0.25) is 0 Å². The van der Waals surface area contributed by atoms with Crippen LogP contribution in [-0.4, -0.2) is 14.3 Å². The number of urea groups is 1. The quantitative estimate of drug-likeness (QED) is 0.834. The van der Waals surface area contributed by atoms with Crippen molar-refractivity contribution in [1.82, 2.24) is 4.98 Å². The van der Waals surface area contributed by atoms with Gasteiger partial charge in [-0.15, -0.1) is 0 Å². The molecule has 0 saturated carbocycles. The number of benzene rings is 2. The fraction of sp³-hybridized carbons (Fsp3) is 0.188. The van der Waals surface area contributed by atoms with Gasteiger partial charge < -0.3 is 4.98 Å². The smallest absolute Gasteiger partial charge is 0.318 e. The number of carbonyl (C=O) groups is 1. The minimum absolute atomic E-state index is 0.0680. The van der Waals surface area contributed by atoms with Gasteiger partial charge in [0.25, 0.3) is 0 Å². The number of rotatable bonds is 3. The van der Waals surface area contributed by atoms with Crippen LogP contribution in [0.15, 0.2) is 60.7 Å². The Balaban J connectivity index is 2.38. The molecular formula is C16H20N2OSi. The first-order chi connectivity index (χ1) is 9.47. The van der Waals surface area contributed by atoms with Gasteiger partial charge in [0.15, 0.2) is 0 Å². The Bertz CT molecular complexity index is 525. The second kappa shape index (κ2) is 5.92. The second-order valence-corrected chi connectivity index (χ2v) is 10.4. The summed E-state index contributed by atoms with van der Waals surface area (Å²) in [6, 6.07) is 19.3. The monoisotopic (exact) mass is 284 g/mol. The normalized spacial score (nSPS) is 10.9. The lowest BCUT2D eigenvalue weighted by atomic mass is 10.2. The summed E-state index contributed by atoms with van der Waals surface area (Å²) in [5.74, 6) is 0. The summed E-state index contributed by atoms with van der Waals surface area (Å²) in [5.41, 5.74) is 1.74. The molecule has 0 radical (unpaired) electrons. The van der Waals surface area contributed by atoms with Crippen molar-refractivity contribution < 1.29 is 4.79 Å². The van der Waals surface area contributed by atoms with E-state index in [0.29, 0.717) is 0 Å². The van der Waals surface area contributed by atoms with E-state index >= 15 is 0 Å². The molecule has 0 aliphatic carbocycles. The molecule has 0 aromatic heterocycles. The zero-order chi connectivity index (χ0) is 14.6. The molecule has 0 spiro atoms. The summed E-state index contributed by atoms with van der Waals surface area (Å²) in [6.07, 6.45) is 0. The molecule has 104 valence electrons. The first-order valence-electron chi connectivity index (χ1n) is 6.70. The topological polar surface area (TPSA) is 32.3 Å². The summed E-state index contributed by atoms with van der Waals surface area (Å²) >= 11 is 0. The number of amides is 2. The largest absolute Gasteiger partial charge is 0.364 e. The predicted molar refractivity (Wildman–Crippen MR) is 86.9 cm³/mol. The van der Waals surface area contributed by atoms with Crippen molar-refractivity contribution in [2.45, 2.75) is 19.6 Å². The van der Waals surface area contributed by atoms with E-state index in [1.165, 1.54) is 0 Å². The summed E-state index contributed by atoms with van der Waals surface area (Å²) in [6.45, 7) is 6.33. The Morgan fingerprint density at radius 2 is 1.25 bits per heavy atom.